The lowest BCUT2D eigenvalue weighted by Crippen LogP contribution is -2.00. The van der Waals surface area contributed by atoms with E-state index in [0.717, 1.165) is 16.7 Å². The van der Waals surface area contributed by atoms with E-state index in [1.54, 1.807) is 48.5 Å². The van der Waals surface area contributed by atoms with E-state index in [2.05, 4.69) is 9.97 Å². The van der Waals surface area contributed by atoms with Crippen LogP contribution in [0, 0.1) is 10.1 Å². The Balaban J connectivity index is 1.96. The van der Waals surface area contributed by atoms with Gasteiger partial charge in [0.15, 0.2) is 5.03 Å². The number of para-hydroxylation sites is 1. The summed E-state index contributed by atoms with van der Waals surface area (Å²) in [4.78, 5) is 19.6. The third kappa shape index (κ3) is 3.81. The predicted molar refractivity (Wildman–Crippen MR) is 90.8 cm³/mol. The third-order valence-corrected chi connectivity index (χ3v) is 4.18. The van der Waals surface area contributed by atoms with Crippen molar-refractivity contribution >= 4 is 29.1 Å². The van der Waals surface area contributed by atoms with Crippen molar-refractivity contribution in [1.29, 1.82) is 0 Å². The van der Waals surface area contributed by atoms with E-state index in [1.165, 1.54) is 6.33 Å². The van der Waals surface area contributed by atoms with Crippen molar-refractivity contribution in [2.45, 2.75) is 9.92 Å². The highest BCUT2D eigenvalue weighted by Gasteiger charge is 2.25. The van der Waals surface area contributed by atoms with E-state index in [-0.39, 0.29) is 16.6 Å². The highest BCUT2D eigenvalue weighted by molar-refractivity contribution is 7.99. The van der Waals surface area contributed by atoms with Crippen LogP contribution in [0.15, 0.2) is 70.8 Å². The van der Waals surface area contributed by atoms with Crippen LogP contribution in [0.2, 0.25) is 5.02 Å². The Hall–Kier alpha value is -2.64. The van der Waals surface area contributed by atoms with Crippen LogP contribution in [0.4, 0.5) is 5.69 Å². The highest BCUT2D eigenvalue weighted by Crippen LogP contribution is 2.39. The van der Waals surface area contributed by atoms with Crippen LogP contribution in [-0.2, 0) is 0 Å². The fourth-order valence-corrected chi connectivity index (χ4v) is 2.85. The third-order valence-electron chi connectivity index (χ3n) is 2.92. The molecule has 0 aliphatic heterocycles. The van der Waals surface area contributed by atoms with E-state index in [9.17, 15) is 10.1 Å². The monoisotopic (exact) mass is 359 g/mol. The van der Waals surface area contributed by atoms with E-state index < -0.39 is 4.92 Å². The van der Waals surface area contributed by atoms with Gasteiger partial charge in [-0.15, -0.1) is 0 Å². The van der Waals surface area contributed by atoms with Gasteiger partial charge in [-0.3, -0.25) is 10.1 Å². The molecule has 8 heteroatoms. The van der Waals surface area contributed by atoms with Crippen LogP contribution >= 0.6 is 23.4 Å². The maximum Gasteiger partial charge on any atom is 0.363 e. The molecule has 0 saturated heterocycles. The number of hydrogen-bond donors (Lipinski definition) is 0. The van der Waals surface area contributed by atoms with E-state index in [1.807, 2.05) is 6.07 Å². The van der Waals surface area contributed by atoms with E-state index in [4.69, 9.17) is 16.3 Å². The molecule has 2 aromatic carbocycles. The molecule has 0 bridgehead atoms. The Morgan fingerprint density at radius 3 is 2.42 bits per heavy atom. The second-order valence-electron chi connectivity index (χ2n) is 4.56. The number of ether oxygens (including phenoxy) is 1. The number of benzene rings is 2. The average molecular weight is 360 g/mol. The lowest BCUT2D eigenvalue weighted by atomic mass is 10.3. The summed E-state index contributed by atoms with van der Waals surface area (Å²) < 4.78 is 5.54. The molecule has 6 nitrogen and oxygen atoms in total. The molecular weight excluding hydrogens is 350 g/mol. The van der Waals surface area contributed by atoms with Crippen molar-refractivity contribution < 1.29 is 9.66 Å². The summed E-state index contributed by atoms with van der Waals surface area (Å²) >= 11 is 6.99. The van der Waals surface area contributed by atoms with Crippen LogP contribution in [0.25, 0.3) is 0 Å². The van der Waals surface area contributed by atoms with Gasteiger partial charge in [0.25, 0.3) is 0 Å². The molecular formula is C16H10ClN3O3S. The molecule has 0 aliphatic rings. The first-order valence-electron chi connectivity index (χ1n) is 6.79. The summed E-state index contributed by atoms with van der Waals surface area (Å²) in [6, 6.07) is 15.7. The summed E-state index contributed by atoms with van der Waals surface area (Å²) in [6.07, 6.45) is 1.24. The molecule has 0 atom stereocenters. The molecule has 1 heterocycles. The van der Waals surface area contributed by atoms with Gasteiger partial charge in [-0.05, 0) is 36.4 Å². The molecule has 0 fully saturated rings. The second kappa shape index (κ2) is 7.29. The lowest BCUT2D eigenvalue weighted by molar-refractivity contribution is -0.389. The summed E-state index contributed by atoms with van der Waals surface area (Å²) in [7, 11) is 0. The Kier molecular flexibility index (Phi) is 4.93. The number of nitro groups is 1. The molecule has 0 unspecified atom stereocenters. The minimum absolute atomic E-state index is 0.0994. The summed E-state index contributed by atoms with van der Waals surface area (Å²) in [5, 5.41) is 12.3. The van der Waals surface area contributed by atoms with Gasteiger partial charge in [-0.1, -0.05) is 41.6 Å². The molecule has 120 valence electrons. The quantitative estimate of drug-likeness (QED) is 0.363. The van der Waals surface area contributed by atoms with Gasteiger partial charge in [-0.25, -0.2) is 4.98 Å². The predicted octanol–water partition coefficient (Wildman–Crippen LogP) is 4.98. The van der Waals surface area contributed by atoms with E-state index in [0.29, 0.717) is 10.8 Å². The van der Waals surface area contributed by atoms with Gasteiger partial charge < -0.3 is 4.74 Å². The fraction of sp³-hybridized carbons (Fsp3) is 0. The van der Waals surface area contributed by atoms with Crippen molar-refractivity contribution in [3.63, 3.8) is 0 Å². The summed E-state index contributed by atoms with van der Waals surface area (Å²) in [6.45, 7) is 0. The molecule has 0 aliphatic carbocycles. The number of nitrogens with zero attached hydrogens (tertiary/aromatic N) is 3. The lowest BCUT2D eigenvalue weighted by Gasteiger charge is -2.07. The number of hydrogen-bond acceptors (Lipinski definition) is 6. The Morgan fingerprint density at radius 2 is 1.75 bits per heavy atom. The zero-order chi connectivity index (χ0) is 16.9. The number of aromatic nitrogens is 2. The molecule has 0 saturated carbocycles. The largest absolute Gasteiger partial charge is 0.434 e. The summed E-state index contributed by atoms with van der Waals surface area (Å²) in [5.74, 6) is 0.361. The topological polar surface area (TPSA) is 78.2 Å². The van der Waals surface area contributed by atoms with E-state index >= 15 is 0 Å². The number of rotatable bonds is 5. The Bertz CT molecular complexity index is 860. The van der Waals surface area contributed by atoms with Crippen LogP contribution in [-0.4, -0.2) is 14.9 Å². The van der Waals surface area contributed by atoms with Gasteiger partial charge in [0.2, 0.25) is 0 Å². The smallest absolute Gasteiger partial charge is 0.363 e. The van der Waals surface area contributed by atoms with Crippen LogP contribution in [0.5, 0.6) is 11.6 Å². The molecule has 0 spiro atoms. The first-order chi connectivity index (χ1) is 11.6. The Labute approximate surface area is 146 Å². The van der Waals surface area contributed by atoms with Gasteiger partial charge in [0.05, 0.1) is 4.92 Å². The molecule has 24 heavy (non-hydrogen) atoms. The van der Waals surface area contributed by atoms with Gasteiger partial charge in [-0.2, -0.15) is 4.98 Å². The SMILES string of the molecule is O=[N+]([O-])c1c(Oc2ccccc2)ncnc1Sc1ccc(Cl)cc1. The average Bonchev–Trinajstić information content (AvgIpc) is 2.58. The van der Waals surface area contributed by atoms with Crippen LogP contribution in [0.3, 0.4) is 0 Å². The fourth-order valence-electron chi connectivity index (χ4n) is 1.87. The Morgan fingerprint density at radius 1 is 1.04 bits per heavy atom. The van der Waals surface area contributed by atoms with Crippen molar-refractivity contribution in [2.75, 3.05) is 0 Å². The molecule has 3 aromatic rings. The normalized spacial score (nSPS) is 10.4. The maximum absolute atomic E-state index is 11.5. The van der Waals surface area contributed by atoms with Crippen molar-refractivity contribution in [2.24, 2.45) is 0 Å². The molecule has 3 rings (SSSR count). The van der Waals surface area contributed by atoms with Crippen molar-refractivity contribution in [3.8, 4) is 11.6 Å². The molecule has 1 aromatic heterocycles. The molecule has 0 radical (unpaired) electrons. The maximum atomic E-state index is 11.5. The van der Waals surface area contributed by atoms with Gasteiger partial charge in [0, 0.05) is 9.92 Å². The van der Waals surface area contributed by atoms with Gasteiger partial charge in [0.1, 0.15) is 12.1 Å². The highest BCUT2D eigenvalue weighted by atomic mass is 35.5. The number of halogens is 1. The zero-order valence-corrected chi connectivity index (χ0v) is 13.7. The van der Waals surface area contributed by atoms with Crippen LogP contribution < -0.4 is 4.74 Å². The first-order valence-corrected chi connectivity index (χ1v) is 7.98. The van der Waals surface area contributed by atoms with Crippen molar-refractivity contribution in [3.05, 3.63) is 76.1 Å². The summed E-state index contributed by atoms with van der Waals surface area (Å²) in [5.41, 5.74) is -0.277. The second-order valence-corrected chi connectivity index (χ2v) is 6.06. The molecule has 0 N–H and O–H groups in total. The van der Waals surface area contributed by atoms with Gasteiger partial charge >= 0.3 is 11.6 Å². The first kappa shape index (κ1) is 16.2. The van der Waals surface area contributed by atoms with Crippen LogP contribution in [0.1, 0.15) is 0 Å². The van der Waals surface area contributed by atoms with Crippen molar-refractivity contribution in [1.82, 2.24) is 9.97 Å². The standard InChI is InChI=1S/C16H10ClN3O3S/c17-11-6-8-13(9-7-11)24-16-14(20(21)22)15(18-10-19-16)23-12-4-2-1-3-5-12/h1-10H. The molecule has 0 amide bonds. The minimum Gasteiger partial charge on any atom is -0.434 e. The zero-order valence-electron chi connectivity index (χ0n) is 12.1. The minimum atomic E-state index is -0.545.